The van der Waals surface area contributed by atoms with Gasteiger partial charge in [0.2, 0.25) is 0 Å². The van der Waals surface area contributed by atoms with Gasteiger partial charge in [-0.3, -0.25) is 9.59 Å². The molecule has 0 saturated carbocycles. The SMILES string of the molecule is CC(=O)CCOCCOCCOCCOCCOCCOCCOCCC(=O)S. The van der Waals surface area contributed by atoms with Crippen LogP contribution in [0.2, 0.25) is 0 Å². The monoisotopic (exact) mass is 440 g/mol. The molecule has 0 radical (unpaired) electrons. The van der Waals surface area contributed by atoms with Crippen LogP contribution in [0.1, 0.15) is 19.8 Å². The lowest BCUT2D eigenvalue weighted by molar-refractivity contribution is -0.118. The van der Waals surface area contributed by atoms with Crippen LogP contribution in [0, 0.1) is 0 Å². The van der Waals surface area contributed by atoms with Crippen LogP contribution >= 0.6 is 12.6 Å². The van der Waals surface area contributed by atoms with E-state index in [2.05, 4.69) is 12.6 Å². The zero-order valence-corrected chi connectivity index (χ0v) is 18.3. The molecule has 10 heteroatoms. The number of Topliss-reactive ketones (excluding diaryl/α,β-unsaturated/α-hetero) is 1. The molecule has 0 aromatic heterocycles. The fraction of sp³-hybridized carbons (Fsp3) is 0.895. The van der Waals surface area contributed by atoms with Gasteiger partial charge in [-0.2, -0.15) is 0 Å². The highest BCUT2D eigenvalue weighted by molar-refractivity contribution is 7.96. The minimum Gasteiger partial charge on any atom is -0.379 e. The summed E-state index contributed by atoms with van der Waals surface area (Å²) in [4.78, 5) is 21.3. The van der Waals surface area contributed by atoms with E-state index in [1.54, 1.807) is 6.92 Å². The molecule has 29 heavy (non-hydrogen) atoms. The molecule has 0 spiro atoms. The molecule has 0 amide bonds. The summed E-state index contributed by atoms with van der Waals surface area (Å²) in [6.07, 6.45) is 0.754. The molecule has 0 unspecified atom stereocenters. The number of rotatable bonds is 24. The smallest absolute Gasteiger partial charge is 0.188 e. The number of thiol groups is 1. The van der Waals surface area contributed by atoms with Crippen molar-refractivity contribution in [2.75, 3.05) is 92.5 Å². The maximum atomic E-state index is 10.7. The molecular weight excluding hydrogens is 404 g/mol. The number of hydrogen-bond donors (Lipinski definition) is 1. The van der Waals surface area contributed by atoms with Gasteiger partial charge >= 0.3 is 0 Å². The second kappa shape index (κ2) is 23.7. The third-order valence-corrected chi connectivity index (χ3v) is 3.51. The first-order valence-electron chi connectivity index (χ1n) is 9.88. The topological polar surface area (TPSA) is 98.8 Å². The Bertz CT molecular complexity index is 349. The Morgan fingerprint density at radius 1 is 0.483 bits per heavy atom. The molecule has 0 aliphatic heterocycles. The van der Waals surface area contributed by atoms with Gasteiger partial charge in [0.05, 0.1) is 92.5 Å². The quantitative estimate of drug-likeness (QED) is 0.174. The van der Waals surface area contributed by atoms with Crippen LogP contribution in [0.15, 0.2) is 0 Å². The summed E-state index contributed by atoms with van der Waals surface area (Å²) in [5.74, 6) is 0.125. The predicted molar refractivity (Wildman–Crippen MR) is 110 cm³/mol. The van der Waals surface area contributed by atoms with E-state index in [0.29, 0.717) is 105 Å². The van der Waals surface area contributed by atoms with E-state index in [9.17, 15) is 9.59 Å². The standard InChI is InChI=1S/C19H36O9S/c1-18(20)2-4-22-6-8-24-10-12-26-14-16-28-17-15-27-13-11-25-9-7-23-5-3-19(21)29/h2-17H2,1H3,(H,21,29). The Kier molecular flexibility index (Phi) is 23.2. The van der Waals surface area contributed by atoms with Gasteiger partial charge in [-0.05, 0) is 6.92 Å². The molecule has 0 saturated heterocycles. The maximum absolute atomic E-state index is 10.7. The summed E-state index contributed by atoms with van der Waals surface area (Å²) in [5, 5.41) is -0.178. The predicted octanol–water partition coefficient (Wildman–Crippen LogP) is 0.928. The van der Waals surface area contributed by atoms with E-state index in [0.717, 1.165) is 0 Å². The molecule has 0 fully saturated rings. The van der Waals surface area contributed by atoms with E-state index in [1.807, 2.05) is 0 Å². The largest absolute Gasteiger partial charge is 0.379 e. The normalized spacial score (nSPS) is 11.1. The second-order valence-corrected chi connectivity index (χ2v) is 6.38. The molecule has 0 heterocycles. The third kappa shape index (κ3) is 27.4. The lowest BCUT2D eigenvalue weighted by atomic mass is 10.3. The Labute approximate surface area is 179 Å². The third-order valence-electron chi connectivity index (χ3n) is 3.29. The van der Waals surface area contributed by atoms with Gasteiger partial charge in [-0.1, -0.05) is 0 Å². The first-order chi connectivity index (χ1) is 14.1. The number of ether oxygens (including phenoxy) is 7. The molecule has 0 aliphatic carbocycles. The van der Waals surface area contributed by atoms with Crippen molar-refractivity contribution in [3.05, 3.63) is 0 Å². The molecule has 9 nitrogen and oxygen atoms in total. The first-order valence-corrected chi connectivity index (χ1v) is 10.3. The molecule has 172 valence electrons. The second-order valence-electron chi connectivity index (χ2n) is 5.88. The van der Waals surface area contributed by atoms with Crippen molar-refractivity contribution in [3.63, 3.8) is 0 Å². The van der Waals surface area contributed by atoms with E-state index in [-0.39, 0.29) is 10.9 Å². The Hall–Kier alpha value is -0.590. The van der Waals surface area contributed by atoms with Gasteiger partial charge in [-0.15, -0.1) is 12.6 Å². The van der Waals surface area contributed by atoms with Crippen LogP contribution in [0.4, 0.5) is 0 Å². The van der Waals surface area contributed by atoms with Crippen molar-refractivity contribution in [1.29, 1.82) is 0 Å². The minimum absolute atomic E-state index is 0.125. The van der Waals surface area contributed by atoms with Gasteiger partial charge in [0, 0.05) is 12.8 Å². The van der Waals surface area contributed by atoms with Crippen molar-refractivity contribution in [3.8, 4) is 0 Å². The molecular formula is C19H36O9S. The Balaban J connectivity index is 3.01. The van der Waals surface area contributed by atoms with Crippen LogP contribution in [0.25, 0.3) is 0 Å². The zero-order chi connectivity index (χ0) is 21.4. The summed E-state index contributed by atoms with van der Waals surface area (Å²) >= 11 is 3.65. The van der Waals surface area contributed by atoms with Gasteiger partial charge in [0.1, 0.15) is 5.78 Å². The maximum Gasteiger partial charge on any atom is 0.188 e. The zero-order valence-electron chi connectivity index (χ0n) is 17.4. The van der Waals surface area contributed by atoms with Gasteiger partial charge < -0.3 is 33.2 Å². The minimum atomic E-state index is -0.178. The number of ketones is 1. The fourth-order valence-electron chi connectivity index (χ4n) is 1.80. The van der Waals surface area contributed by atoms with Crippen molar-refractivity contribution in [1.82, 2.24) is 0 Å². The average Bonchev–Trinajstić information content (AvgIpc) is 2.68. The van der Waals surface area contributed by atoms with Gasteiger partial charge in [-0.25, -0.2) is 0 Å². The highest BCUT2D eigenvalue weighted by Crippen LogP contribution is 1.89. The van der Waals surface area contributed by atoms with Crippen LogP contribution < -0.4 is 0 Å². The van der Waals surface area contributed by atoms with Crippen LogP contribution in [-0.4, -0.2) is 103 Å². The summed E-state index contributed by atoms with van der Waals surface area (Å²) in [5.41, 5.74) is 0. The van der Waals surface area contributed by atoms with E-state index < -0.39 is 0 Å². The molecule has 0 aromatic rings. The molecule has 0 atom stereocenters. The van der Waals surface area contributed by atoms with Gasteiger partial charge in [0.15, 0.2) is 5.12 Å². The fourth-order valence-corrected chi connectivity index (χ4v) is 1.89. The van der Waals surface area contributed by atoms with E-state index in [4.69, 9.17) is 33.2 Å². The summed E-state index contributed by atoms with van der Waals surface area (Å²) in [7, 11) is 0. The van der Waals surface area contributed by atoms with Crippen molar-refractivity contribution in [2.24, 2.45) is 0 Å². The Morgan fingerprint density at radius 3 is 0.966 bits per heavy atom. The average molecular weight is 441 g/mol. The number of carbonyl (C=O) groups excluding carboxylic acids is 2. The molecule has 0 N–H and O–H groups in total. The number of carbonyl (C=O) groups is 2. The first kappa shape index (κ1) is 28.4. The highest BCUT2D eigenvalue weighted by Gasteiger charge is 1.96. The Morgan fingerprint density at radius 2 is 0.724 bits per heavy atom. The highest BCUT2D eigenvalue weighted by atomic mass is 32.1. The van der Waals surface area contributed by atoms with Crippen LogP contribution in [-0.2, 0) is 42.7 Å². The van der Waals surface area contributed by atoms with Crippen molar-refractivity contribution >= 4 is 23.5 Å². The van der Waals surface area contributed by atoms with Crippen molar-refractivity contribution in [2.45, 2.75) is 19.8 Å². The summed E-state index contributed by atoms with van der Waals surface area (Å²) in [6, 6.07) is 0. The van der Waals surface area contributed by atoms with E-state index >= 15 is 0 Å². The van der Waals surface area contributed by atoms with Crippen molar-refractivity contribution < 1.29 is 42.7 Å². The lowest BCUT2D eigenvalue weighted by Crippen LogP contribution is -2.14. The van der Waals surface area contributed by atoms with E-state index in [1.165, 1.54) is 0 Å². The van der Waals surface area contributed by atoms with Gasteiger partial charge in [0.25, 0.3) is 0 Å². The summed E-state index contributed by atoms with van der Waals surface area (Å²) in [6.45, 7) is 8.21. The molecule has 0 aliphatic rings. The molecule has 0 rings (SSSR count). The molecule has 0 aromatic carbocycles. The lowest BCUT2D eigenvalue weighted by Gasteiger charge is -2.08. The molecule has 0 bridgehead atoms. The van der Waals surface area contributed by atoms with Crippen LogP contribution in [0.5, 0.6) is 0 Å². The number of hydrogen-bond acceptors (Lipinski definition) is 9. The summed E-state index contributed by atoms with van der Waals surface area (Å²) < 4.78 is 37.2. The van der Waals surface area contributed by atoms with Crippen LogP contribution in [0.3, 0.4) is 0 Å².